The zero-order valence-corrected chi connectivity index (χ0v) is 11.7. The van der Waals surface area contributed by atoms with Crippen molar-refractivity contribution in [2.45, 2.75) is 19.6 Å². The first-order valence-corrected chi connectivity index (χ1v) is 6.40. The summed E-state index contributed by atoms with van der Waals surface area (Å²) in [5, 5.41) is 3.19. The van der Waals surface area contributed by atoms with Gasteiger partial charge < -0.3 is 14.5 Å². The maximum absolute atomic E-state index is 12.0. The van der Waals surface area contributed by atoms with Crippen LogP contribution < -0.4 is 10.1 Å². The number of furan rings is 1. The summed E-state index contributed by atoms with van der Waals surface area (Å²) in [5.41, 5.74) is 0.793. The van der Waals surface area contributed by atoms with Crippen LogP contribution in [-0.4, -0.2) is 6.61 Å². The van der Waals surface area contributed by atoms with Gasteiger partial charge in [0, 0.05) is 5.69 Å². The van der Waals surface area contributed by atoms with Gasteiger partial charge in [0.2, 0.25) is 0 Å². The van der Waals surface area contributed by atoms with Crippen molar-refractivity contribution >= 4 is 21.6 Å². The van der Waals surface area contributed by atoms with Crippen LogP contribution in [0.25, 0.3) is 0 Å². The monoisotopic (exact) mass is 331 g/mol. The molecule has 0 bridgehead atoms. The molecule has 0 radical (unpaired) electrons. The summed E-state index contributed by atoms with van der Waals surface area (Å²) in [4.78, 5) is 0. The summed E-state index contributed by atoms with van der Waals surface area (Å²) >= 11 is 3.24. The minimum absolute atomic E-state index is 0.0341. The maximum Gasteiger partial charge on any atom is 0.387 e. The van der Waals surface area contributed by atoms with E-state index in [-0.39, 0.29) is 11.8 Å². The molecule has 0 fully saturated rings. The van der Waals surface area contributed by atoms with Crippen LogP contribution in [0.4, 0.5) is 14.5 Å². The average Bonchev–Trinajstić information content (AvgIpc) is 2.78. The first-order valence-electron chi connectivity index (χ1n) is 5.61. The van der Waals surface area contributed by atoms with E-state index in [2.05, 4.69) is 26.0 Å². The number of hydrogen-bond acceptors (Lipinski definition) is 3. The Morgan fingerprint density at radius 1 is 1.16 bits per heavy atom. The fraction of sp³-hybridized carbons (Fsp3) is 0.231. The van der Waals surface area contributed by atoms with E-state index in [1.54, 1.807) is 12.1 Å². The Morgan fingerprint density at radius 3 is 2.37 bits per heavy atom. The van der Waals surface area contributed by atoms with Gasteiger partial charge in [0.25, 0.3) is 0 Å². The van der Waals surface area contributed by atoms with Crippen molar-refractivity contribution in [2.24, 2.45) is 0 Å². The third-order valence-corrected chi connectivity index (χ3v) is 2.91. The number of benzene rings is 1. The summed E-state index contributed by atoms with van der Waals surface area (Å²) < 4.78 is 34.4. The highest BCUT2D eigenvalue weighted by atomic mass is 79.9. The number of rotatable bonds is 5. The molecule has 1 N–H and O–H groups in total. The first kappa shape index (κ1) is 13.9. The van der Waals surface area contributed by atoms with E-state index >= 15 is 0 Å². The summed E-state index contributed by atoms with van der Waals surface area (Å²) in [5.74, 6) is 0.911. The van der Waals surface area contributed by atoms with Crippen LogP contribution in [0.1, 0.15) is 18.7 Å². The van der Waals surface area contributed by atoms with Gasteiger partial charge in [-0.1, -0.05) is 0 Å². The third kappa shape index (κ3) is 3.96. The normalized spacial score (nSPS) is 12.5. The first-order chi connectivity index (χ1) is 9.04. The van der Waals surface area contributed by atoms with Crippen molar-refractivity contribution < 1.29 is 17.9 Å². The molecular weight excluding hydrogens is 320 g/mol. The SMILES string of the molecule is CC(Nc1ccc(OC(F)F)cc1)c1ccc(Br)o1. The Hall–Kier alpha value is -1.56. The molecular formula is C13H12BrF2NO2. The van der Waals surface area contributed by atoms with E-state index in [0.717, 1.165) is 11.4 Å². The van der Waals surface area contributed by atoms with Crippen molar-refractivity contribution in [1.82, 2.24) is 0 Å². The molecule has 0 aliphatic heterocycles. The van der Waals surface area contributed by atoms with Crippen LogP contribution in [0.2, 0.25) is 0 Å². The van der Waals surface area contributed by atoms with Crippen molar-refractivity contribution in [1.29, 1.82) is 0 Å². The third-order valence-electron chi connectivity index (χ3n) is 2.48. The van der Waals surface area contributed by atoms with Gasteiger partial charge in [-0.05, 0) is 59.3 Å². The molecule has 19 heavy (non-hydrogen) atoms. The molecule has 1 aromatic carbocycles. The van der Waals surface area contributed by atoms with Crippen molar-refractivity contribution in [3.63, 3.8) is 0 Å². The molecule has 0 aliphatic rings. The smallest absolute Gasteiger partial charge is 0.387 e. The number of ether oxygens (including phenoxy) is 1. The predicted octanol–water partition coefficient (Wildman–Crippen LogP) is 4.82. The van der Waals surface area contributed by atoms with E-state index in [1.165, 1.54) is 12.1 Å². The van der Waals surface area contributed by atoms with Crippen LogP contribution in [0.3, 0.4) is 0 Å². The fourth-order valence-electron chi connectivity index (χ4n) is 1.61. The number of anilines is 1. The Kier molecular flexibility index (Phi) is 4.42. The molecule has 1 heterocycles. The standard InChI is InChI=1S/C13H12BrF2NO2/c1-8(11-6-7-12(14)19-11)17-9-2-4-10(5-3-9)18-13(15)16/h2-8,13,17H,1H3. The van der Waals surface area contributed by atoms with E-state index in [1.807, 2.05) is 19.1 Å². The highest BCUT2D eigenvalue weighted by Crippen LogP contribution is 2.25. The average molecular weight is 332 g/mol. The molecule has 0 aliphatic carbocycles. The van der Waals surface area contributed by atoms with Gasteiger partial charge in [-0.3, -0.25) is 0 Å². The molecule has 0 amide bonds. The lowest BCUT2D eigenvalue weighted by Crippen LogP contribution is -2.06. The van der Waals surface area contributed by atoms with Crippen molar-refractivity contribution in [3.05, 3.63) is 46.8 Å². The van der Waals surface area contributed by atoms with Gasteiger partial charge in [0.05, 0.1) is 6.04 Å². The topological polar surface area (TPSA) is 34.4 Å². The maximum atomic E-state index is 12.0. The van der Waals surface area contributed by atoms with Gasteiger partial charge in [0.1, 0.15) is 11.5 Å². The van der Waals surface area contributed by atoms with Gasteiger partial charge in [0.15, 0.2) is 4.67 Å². The number of hydrogen-bond donors (Lipinski definition) is 1. The molecule has 102 valence electrons. The zero-order valence-electron chi connectivity index (χ0n) is 10.1. The van der Waals surface area contributed by atoms with E-state index in [9.17, 15) is 8.78 Å². The second-order valence-corrected chi connectivity index (χ2v) is 4.69. The van der Waals surface area contributed by atoms with Crippen LogP contribution >= 0.6 is 15.9 Å². The summed E-state index contributed by atoms with van der Waals surface area (Å²) in [6.45, 7) is -0.868. The van der Waals surface area contributed by atoms with Gasteiger partial charge in [-0.25, -0.2) is 0 Å². The lowest BCUT2D eigenvalue weighted by molar-refractivity contribution is -0.0498. The molecule has 1 aromatic heterocycles. The fourth-order valence-corrected chi connectivity index (χ4v) is 1.93. The molecule has 3 nitrogen and oxygen atoms in total. The Bertz CT molecular complexity index is 528. The molecule has 0 saturated carbocycles. The number of halogens is 3. The minimum Gasteiger partial charge on any atom is -0.452 e. The summed E-state index contributed by atoms with van der Waals surface area (Å²) in [6, 6.07) is 9.95. The molecule has 1 atom stereocenters. The van der Waals surface area contributed by atoms with Gasteiger partial charge in [-0.15, -0.1) is 0 Å². The second kappa shape index (κ2) is 6.06. The van der Waals surface area contributed by atoms with Crippen molar-refractivity contribution in [2.75, 3.05) is 5.32 Å². The van der Waals surface area contributed by atoms with Crippen LogP contribution in [-0.2, 0) is 0 Å². The number of nitrogens with one attached hydrogen (secondary N) is 1. The van der Waals surface area contributed by atoms with E-state index in [4.69, 9.17) is 4.42 Å². The van der Waals surface area contributed by atoms with Gasteiger partial charge >= 0.3 is 6.61 Å². The van der Waals surface area contributed by atoms with E-state index < -0.39 is 6.61 Å². The summed E-state index contributed by atoms with van der Waals surface area (Å²) in [7, 11) is 0. The lowest BCUT2D eigenvalue weighted by Gasteiger charge is -2.13. The molecule has 0 spiro atoms. The minimum atomic E-state index is -2.81. The van der Waals surface area contributed by atoms with Crippen LogP contribution in [0.15, 0.2) is 45.5 Å². The van der Waals surface area contributed by atoms with Gasteiger partial charge in [-0.2, -0.15) is 8.78 Å². The molecule has 2 aromatic rings. The van der Waals surface area contributed by atoms with E-state index in [0.29, 0.717) is 4.67 Å². The lowest BCUT2D eigenvalue weighted by atomic mass is 10.2. The molecule has 1 unspecified atom stereocenters. The number of alkyl halides is 2. The Labute approximate surface area is 117 Å². The summed E-state index contributed by atoms with van der Waals surface area (Å²) in [6.07, 6.45) is 0. The van der Waals surface area contributed by atoms with Crippen LogP contribution in [0, 0.1) is 0 Å². The largest absolute Gasteiger partial charge is 0.452 e. The zero-order chi connectivity index (χ0) is 13.8. The predicted molar refractivity (Wildman–Crippen MR) is 71.5 cm³/mol. The second-order valence-electron chi connectivity index (χ2n) is 3.91. The quantitative estimate of drug-likeness (QED) is 0.853. The highest BCUT2D eigenvalue weighted by molar-refractivity contribution is 9.10. The molecule has 6 heteroatoms. The highest BCUT2D eigenvalue weighted by Gasteiger charge is 2.10. The molecule has 0 saturated heterocycles. The Morgan fingerprint density at radius 2 is 1.84 bits per heavy atom. The van der Waals surface area contributed by atoms with Crippen molar-refractivity contribution in [3.8, 4) is 5.75 Å². The van der Waals surface area contributed by atoms with Crippen LogP contribution in [0.5, 0.6) is 5.75 Å². The molecule has 2 rings (SSSR count). The Balaban J connectivity index is 1.99.